The highest BCUT2D eigenvalue weighted by molar-refractivity contribution is 5.89. The van der Waals surface area contributed by atoms with Crippen LogP contribution in [0.2, 0.25) is 0 Å². The highest BCUT2D eigenvalue weighted by atomic mass is 19.2. The first-order chi connectivity index (χ1) is 9.94. The predicted molar refractivity (Wildman–Crippen MR) is 78.1 cm³/mol. The Balaban J connectivity index is 1.94. The summed E-state index contributed by atoms with van der Waals surface area (Å²) >= 11 is 0. The number of hydrogen-bond acceptors (Lipinski definition) is 1. The number of anilines is 1. The number of halogens is 2. The number of amides is 2. The second-order valence-electron chi connectivity index (χ2n) is 4.93. The molecule has 0 fully saturated rings. The van der Waals surface area contributed by atoms with Crippen molar-refractivity contribution in [2.45, 2.75) is 20.4 Å². The third-order valence-electron chi connectivity index (χ3n) is 2.91. The molecule has 0 aliphatic carbocycles. The van der Waals surface area contributed by atoms with Crippen molar-refractivity contribution in [3.8, 4) is 0 Å². The third kappa shape index (κ3) is 4.27. The molecule has 0 aliphatic rings. The lowest BCUT2D eigenvalue weighted by atomic mass is 10.1. The van der Waals surface area contributed by atoms with Gasteiger partial charge in [0.15, 0.2) is 11.6 Å². The number of rotatable bonds is 3. The van der Waals surface area contributed by atoms with Crippen LogP contribution in [0.5, 0.6) is 0 Å². The van der Waals surface area contributed by atoms with Gasteiger partial charge in [0, 0.05) is 18.3 Å². The number of nitrogens with one attached hydrogen (secondary N) is 2. The lowest BCUT2D eigenvalue weighted by Crippen LogP contribution is -2.28. The Morgan fingerprint density at radius 2 is 1.67 bits per heavy atom. The summed E-state index contributed by atoms with van der Waals surface area (Å²) in [6.07, 6.45) is 0. The standard InChI is InChI=1S/C16H16F2N2O/c1-10-5-11(2)7-12(6-10)9-19-16(21)20-13-3-4-14(17)15(18)8-13/h3-8H,9H2,1-2H3,(H2,19,20,21). The largest absolute Gasteiger partial charge is 0.334 e. The van der Waals surface area contributed by atoms with Crippen LogP contribution >= 0.6 is 0 Å². The molecule has 5 heteroatoms. The lowest BCUT2D eigenvalue weighted by molar-refractivity contribution is 0.251. The van der Waals surface area contributed by atoms with Crippen LogP contribution in [0.1, 0.15) is 16.7 Å². The molecule has 0 saturated carbocycles. The van der Waals surface area contributed by atoms with Crippen LogP contribution in [0.4, 0.5) is 19.3 Å². The van der Waals surface area contributed by atoms with Crippen molar-refractivity contribution in [3.05, 3.63) is 64.7 Å². The molecule has 0 radical (unpaired) electrons. The molecule has 2 rings (SSSR count). The molecule has 0 aromatic heterocycles. The second-order valence-corrected chi connectivity index (χ2v) is 4.93. The molecule has 110 valence electrons. The molecular weight excluding hydrogens is 274 g/mol. The molecular formula is C16H16F2N2O. The summed E-state index contributed by atoms with van der Waals surface area (Å²) in [4.78, 5) is 11.7. The summed E-state index contributed by atoms with van der Waals surface area (Å²) < 4.78 is 25.8. The summed E-state index contributed by atoms with van der Waals surface area (Å²) in [5.74, 6) is -1.95. The van der Waals surface area contributed by atoms with E-state index < -0.39 is 17.7 Å². The predicted octanol–water partition coefficient (Wildman–Crippen LogP) is 3.90. The van der Waals surface area contributed by atoms with E-state index in [0.717, 1.165) is 28.8 Å². The third-order valence-corrected chi connectivity index (χ3v) is 2.91. The van der Waals surface area contributed by atoms with E-state index in [1.54, 1.807) is 0 Å². The van der Waals surface area contributed by atoms with Gasteiger partial charge < -0.3 is 10.6 Å². The summed E-state index contributed by atoms with van der Waals surface area (Å²) in [5, 5.41) is 5.12. The van der Waals surface area contributed by atoms with Gasteiger partial charge in [-0.3, -0.25) is 0 Å². The van der Waals surface area contributed by atoms with Crippen LogP contribution < -0.4 is 10.6 Å². The van der Waals surface area contributed by atoms with E-state index in [-0.39, 0.29) is 5.69 Å². The highest BCUT2D eigenvalue weighted by Gasteiger charge is 2.06. The van der Waals surface area contributed by atoms with Gasteiger partial charge in [-0.05, 0) is 31.5 Å². The molecule has 21 heavy (non-hydrogen) atoms. The summed E-state index contributed by atoms with van der Waals surface area (Å²) in [5.41, 5.74) is 3.42. The Morgan fingerprint density at radius 1 is 1.00 bits per heavy atom. The van der Waals surface area contributed by atoms with Crippen LogP contribution in [0.3, 0.4) is 0 Å². The molecule has 0 bridgehead atoms. The zero-order valence-corrected chi connectivity index (χ0v) is 11.8. The van der Waals surface area contributed by atoms with Gasteiger partial charge in [0.2, 0.25) is 0 Å². The normalized spacial score (nSPS) is 10.3. The smallest absolute Gasteiger partial charge is 0.319 e. The molecule has 2 N–H and O–H groups in total. The van der Waals surface area contributed by atoms with E-state index >= 15 is 0 Å². The quantitative estimate of drug-likeness (QED) is 0.884. The van der Waals surface area contributed by atoms with E-state index in [1.165, 1.54) is 6.07 Å². The van der Waals surface area contributed by atoms with Gasteiger partial charge in [0.05, 0.1) is 0 Å². The Kier molecular flexibility index (Phi) is 4.52. The first-order valence-corrected chi connectivity index (χ1v) is 6.51. The van der Waals surface area contributed by atoms with Gasteiger partial charge in [0.1, 0.15) is 0 Å². The van der Waals surface area contributed by atoms with Crippen molar-refractivity contribution in [3.63, 3.8) is 0 Å². The SMILES string of the molecule is Cc1cc(C)cc(CNC(=O)Nc2ccc(F)c(F)c2)c1. The van der Waals surface area contributed by atoms with E-state index in [1.807, 2.05) is 32.0 Å². The number of benzene rings is 2. The molecule has 0 spiro atoms. The Hall–Kier alpha value is -2.43. The first kappa shape index (κ1) is 15.0. The van der Waals surface area contributed by atoms with Gasteiger partial charge in [-0.15, -0.1) is 0 Å². The molecule has 0 atom stereocenters. The number of hydrogen-bond donors (Lipinski definition) is 2. The van der Waals surface area contributed by atoms with Gasteiger partial charge in [0.25, 0.3) is 0 Å². The molecule has 0 heterocycles. The number of aryl methyl sites for hydroxylation is 2. The summed E-state index contributed by atoms with van der Waals surface area (Å²) in [6.45, 7) is 4.33. The van der Waals surface area contributed by atoms with Crippen LogP contribution in [0, 0.1) is 25.5 Å². The van der Waals surface area contributed by atoms with E-state index in [2.05, 4.69) is 10.6 Å². The van der Waals surface area contributed by atoms with Gasteiger partial charge >= 0.3 is 6.03 Å². The Morgan fingerprint density at radius 3 is 2.29 bits per heavy atom. The van der Waals surface area contributed by atoms with E-state index in [4.69, 9.17) is 0 Å². The van der Waals surface area contributed by atoms with Crippen molar-refractivity contribution < 1.29 is 13.6 Å². The molecule has 0 unspecified atom stereocenters. The van der Waals surface area contributed by atoms with Crippen molar-refractivity contribution in [2.24, 2.45) is 0 Å². The highest BCUT2D eigenvalue weighted by Crippen LogP contribution is 2.13. The molecule has 0 saturated heterocycles. The fourth-order valence-corrected chi connectivity index (χ4v) is 2.10. The Bertz CT molecular complexity index is 651. The average Bonchev–Trinajstić information content (AvgIpc) is 2.40. The number of carbonyl (C=O) groups excluding carboxylic acids is 1. The molecule has 2 amide bonds. The molecule has 0 aliphatic heterocycles. The fourth-order valence-electron chi connectivity index (χ4n) is 2.10. The lowest BCUT2D eigenvalue weighted by Gasteiger charge is -2.09. The topological polar surface area (TPSA) is 41.1 Å². The number of urea groups is 1. The monoisotopic (exact) mass is 290 g/mol. The zero-order chi connectivity index (χ0) is 15.4. The zero-order valence-electron chi connectivity index (χ0n) is 11.8. The minimum atomic E-state index is -0.998. The molecule has 2 aromatic rings. The summed E-state index contributed by atoms with van der Waals surface area (Å²) in [6, 6.07) is 8.73. The molecule has 3 nitrogen and oxygen atoms in total. The maximum atomic E-state index is 13.0. The maximum absolute atomic E-state index is 13.0. The minimum Gasteiger partial charge on any atom is -0.334 e. The second kappa shape index (κ2) is 6.35. The van der Waals surface area contributed by atoms with Crippen LogP contribution in [0.15, 0.2) is 36.4 Å². The Labute approximate surface area is 122 Å². The summed E-state index contributed by atoms with van der Waals surface area (Å²) in [7, 11) is 0. The minimum absolute atomic E-state index is 0.201. The van der Waals surface area contributed by atoms with Gasteiger partial charge in [-0.1, -0.05) is 29.3 Å². The fraction of sp³-hybridized carbons (Fsp3) is 0.188. The van der Waals surface area contributed by atoms with Gasteiger partial charge in [-0.2, -0.15) is 0 Å². The van der Waals surface area contributed by atoms with Crippen LogP contribution in [-0.4, -0.2) is 6.03 Å². The van der Waals surface area contributed by atoms with Crippen molar-refractivity contribution in [2.75, 3.05) is 5.32 Å². The van der Waals surface area contributed by atoms with Crippen molar-refractivity contribution in [1.82, 2.24) is 5.32 Å². The van der Waals surface area contributed by atoms with E-state index in [9.17, 15) is 13.6 Å². The molecule has 2 aromatic carbocycles. The maximum Gasteiger partial charge on any atom is 0.319 e. The van der Waals surface area contributed by atoms with E-state index in [0.29, 0.717) is 6.54 Å². The first-order valence-electron chi connectivity index (χ1n) is 6.51. The van der Waals surface area contributed by atoms with Crippen molar-refractivity contribution in [1.29, 1.82) is 0 Å². The van der Waals surface area contributed by atoms with Crippen LogP contribution in [-0.2, 0) is 6.54 Å². The number of carbonyl (C=O) groups is 1. The van der Waals surface area contributed by atoms with Gasteiger partial charge in [-0.25, -0.2) is 13.6 Å². The van der Waals surface area contributed by atoms with Crippen molar-refractivity contribution >= 4 is 11.7 Å². The average molecular weight is 290 g/mol. The van der Waals surface area contributed by atoms with Crippen LogP contribution in [0.25, 0.3) is 0 Å².